The molecule has 0 radical (unpaired) electrons. The number of aliphatic hydroxyl groups is 1. The summed E-state index contributed by atoms with van der Waals surface area (Å²) in [6.45, 7) is 3.00. The first-order chi connectivity index (χ1) is 8.19. The topological polar surface area (TPSA) is 32.7 Å². The van der Waals surface area contributed by atoms with Gasteiger partial charge in [0.15, 0.2) is 0 Å². The van der Waals surface area contributed by atoms with Crippen LogP contribution >= 0.6 is 23.2 Å². The number of hydrogen-bond acceptors (Lipinski definition) is 3. The van der Waals surface area contributed by atoms with E-state index in [0.717, 1.165) is 30.2 Å². The van der Waals surface area contributed by atoms with Gasteiger partial charge in [0.1, 0.15) is 0 Å². The van der Waals surface area contributed by atoms with Gasteiger partial charge in [-0.1, -0.05) is 23.2 Å². The molecule has 0 bridgehead atoms. The molecule has 17 heavy (non-hydrogen) atoms. The number of aliphatic hydroxyl groups excluding tert-OH is 1. The maximum absolute atomic E-state index is 9.07. The molecule has 1 aliphatic heterocycles. The van der Waals surface area contributed by atoms with Gasteiger partial charge in [0.05, 0.1) is 19.3 Å². The minimum absolute atomic E-state index is 0.0553. The second-order valence-corrected chi connectivity index (χ2v) is 4.99. The van der Waals surface area contributed by atoms with Gasteiger partial charge in [-0.3, -0.25) is 4.90 Å². The first-order valence-electron chi connectivity index (χ1n) is 5.58. The third-order valence-corrected chi connectivity index (χ3v) is 3.43. The van der Waals surface area contributed by atoms with Gasteiger partial charge in [0, 0.05) is 29.7 Å². The Bertz CT molecular complexity index is 387. The summed E-state index contributed by atoms with van der Waals surface area (Å²) in [5, 5.41) is 10.5. The van der Waals surface area contributed by atoms with Crippen molar-refractivity contribution in [1.82, 2.24) is 4.90 Å². The van der Waals surface area contributed by atoms with E-state index in [1.807, 2.05) is 12.1 Å². The summed E-state index contributed by atoms with van der Waals surface area (Å²) in [5.41, 5.74) is 1.01. The summed E-state index contributed by atoms with van der Waals surface area (Å²) >= 11 is 12.1. The van der Waals surface area contributed by atoms with Crippen LogP contribution in [0.15, 0.2) is 18.2 Å². The molecule has 1 aliphatic rings. The van der Waals surface area contributed by atoms with Gasteiger partial charge in [-0.05, 0) is 23.8 Å². The third-order valence-electron chi connectivity index (χ3n) is 2.83. The van der Waals surface area contributed by atoms with Gasteiger partial charge in [0.25, 0.3) is 0 Å². The van der Waals surface area contributed by atoms with Gasteiger partial charge < -0.3 is 9.84 Å². The van der Waals surface area contributed by atoms with Crippen LogP contribution in [0.25, 0.3) is 0 Å². The fourth-order valence-electron chi connectivity index (χ4n) is 1.94. The highest BCUT2D eigenvalue weighted by Gasteiger charge is 2.20. The first-order valence-corrected chi connectivity index (χ1v) is 6.33. The van der Waals surface area contributed by atoms with Crippen LogP contribution in [-0.4, -0.2) is 42.4 Å². The summed E-state index contributed by atoms with van der Waals surface area (Å²) in [6.07, 6.45) is -0.0956. The molecule has 0 amide bonds. The lowest BCUT2D eigenvalue weighted by atomic mass is 10.2. The molecular formula is C12H15Cl2NO2. The SMILES string of the molecule is OCC1CN(Cc2cc(Cl)ccc2Cl)CCO1. The molecule has 2 rings (SSSR count). The van der Waals surface area contributed by atoms with Crippen molar-refractivity contribution in [3.63, 3.8) is 0 Å². The van der Waals surface area contributed by atoms with E-state index in [4.69, 9.17) is 33.0 Å². The van der Waals surface area contributed by atoms with Crippen LogP contribution in [-0.2, 0) is 11.3 Å². The quantitative estimate of drug-likeness (QED) is 0.918. The molecule has 1 fully saturated rings. The maximum atomic E-state index is 9.07. The summed E-state index contributed by atoms with van der Waals surface area (Å²) < 4.78 is 5.40. The molecule has 1 N–H and O–H groups in total. The van der Waals surface area contributed by atoms with E-state index in [1.54, 1.807) is 6.07 Å². The smallest absolute Gasteiger partial charge is 0.0933 e. The van der Waals surface area contributed by atoms with Crippen LogP contribution in [0.2, 0.25) is 10.0 Å². The van der Waals surface area contributed by atoms with Crippen LogP contribution in [0.4, 0.5) is 0 Å². The molecule has 1 aromatic rings. The fourth-order valence-corrected chi connectivity index (χ4v) is 2.31. The fraction of sp³-hybridized carbons (Fsp3) is 0.500. The summed E-state index contributed by atoms with van der Waals surface area (Å²) in [7, 11) is 0. The molecule has 5 heteroatoms. The van der Waals surface area contributed by atoms with Gasteiger partial charge in [-0.15, -0.1) is 0 Å². The number of rotatable bonds is 3. The third kappa shape index (κ3) is 3.57. The first kappa shape index (κ1) is 13.1. The molecule has 1 heterocycles. The number of hydrogen-bond donors (Lipinski definition) is 1. The Morgan fingerprint density at radius 3 is 3.00 bits per heavy atom. The van der Waals surface area contributed by atoms with Crippen molar-refractivity contribution in [3.05, 3.63) is 33.8 Å². The Morgan fingerprint density at radius 2 is 2.24 bits per heavy atom. The van der Waals surface area contributed by atoms with Crippen LogP contribution in [0.3, 0.4) is 0 Å². The predicted molar refractivity (Wildman–Crippen MR) is 68.6 cm³/mol. The van der Waals surface area contributed by atoms with Gasteiger partial charge in [0.2, 0.25) is 0 Å². The molecule has 1 atom stereocenters. The zero-order valence-corrected chi connectivity index (χ0v) is 10.9. The molecule has 0 saturated carbocycles. The number of benzene rings is 1. The van der Waals surface area contributed by atoms with E-state index in [1.165, 1.54) is 0 Å². The number of nitrogens with zero attached hydrogens (tertiary/aromatic N) is 1. The average Bonchev–Trinajstić information content (AvgIpc) is 2.34. The van der Waals surface area contributed by atoms with Crippen LogP contribution in [0, 0.1) is 0 Å². The number of morpholine rings is 1. The van der Waals surface area contributed by atoms with E-state index in [-0.39, 0.29) is 12.7 Å². The maximum Gasteiger partial charge on any atom is 0.0933 e. The molecular weight excluding hydrogens is 261 g/mol. The Kier molecular flexibility index (Phi) is 4.65. The van der Waals surface area contributed by atoms with Gasteiger partial charge in [-0.2, -0.15) is 0 Å². The van der Waals surface area contributed by atoms with Crippen molar-refractivity contribution in [2.45, 2.75) is 12.6 Å². The highest BCUT2D eigenvalue weighted by molar-refractivity contribution is 6.33. The Balaban J connectivity index is 2.02. The highest BCUT2D eigenvalue weighted by Crippen LogP contribution is 2.22. The second-order valence-electron chi connectivity index (χ2n) is 4.15. The molecule has 94 valence electrons. The molecule has 1 unspecified atom stereocenters. The van der Waals surface area contributed by atoms with Crippen molar-refractivity contribution in [3.8, 4) is 0 Å². The lowest BCUT2D eigenvalue weighted by Crippen LogP contribution is -2.43. The lowest BCUT2D eigenvalue weighted by molar-refractivity contribution is -0.0550. The molecule has 1 saturated heterocycles. The second kappa shape index (κ2) is 6.03. The van der Waals surface area contributed by atoms with Crippen molar-refractivity contribution in [2.24, 2.45) is 0 Å². The molecule has 3 nitrogen and oxygen atoms in total. The molecule has 0 spiro atoms. The monoisotopic (exact) mass is 275 g/mol. The summed E-state index contributed by atoms with van der Waals surface area (Å²) in [4.78, 5) is 2.21. The minimum atomic E-state index is -0.0956. The Hall–Kier alpha value is -0.320. The van der Waals surface area contributed by atoms with Crippen LogP contribution < -0.4 is 0 Å². The van der Waals surface area contributed by atoms with Crippen molar-refractivity contribution in [1.29, 1.82) is 0 Å². The standard InChI is InChI=1S/C12H15Cl2NO2/c13-10-1-2-12(14)9(5-10)6-15-3-4-17-11(7-15)8-16/h1-2,5,11,16H,3-4,6-8H2. The van der Waals surface area contributed by atoms with Crippen molar-refractivity contribution >= 4 is 23.2 Å². The van der Waals surface area contributed by atoms with Crippen molar-refractivity contribution in [2.75, 3.05) is 26.3 Å². The molecule has 1 aromatic carbocycles. The lowest BCUT2D eigenvalue weighted by Gasteiger charge is -2.32. The van der Waals surface area contributed by atoms with Crippen LogP contribution in [0.1, 0.15) is 5.56 Å². The Morgan fingerprint density at radius 1 is 1.41 bits per heavy atom. The highest BCUT2D eigenvalue weighted by atomic mass is 35.5. The number of ether oxygens (including phenoxy) is 1. The van der Waals surface area contributed by atoms with Gasteiger partial charge >= 0.3 is 0 Å². The van der Waals surface area contributed by atoms with Gasteiger partial charge in [-0.25, -0.2) is 0 Å². The molecule has 0 aliphatic carbocycles. The van der Waals surface area contributed by atoms with E-state index in [9.17, 15) is 0 Å². The number of halogens is 2. The van der Waals surface area contributed by atoms with E-state index in [2.05, 4.69) is 4.90 Å². The minimum Gasteiger partial charge on any atom is -0.394 e. The average molecular weight is 276 g/mol. The van der Waals surface area contributed by atoms with Crippen molar-refractivity contribution < 1.29 is 9.84 Å². The Labute approximate surface area is 111 Å². The largest absolute Gasteiger partial charge is 0.394 e. The van der Waals surface area contributed by atoms with E-state index in [0.29, 0.717) is 11.6 Å². The van der Waals surface area contributed by atoms with Crippen LogP contribution in [0.5, 0.6) is 0 Å². The molecule has 0 aromatic heterocycles. The zero-order valence-electron chi connectivity index (χ0n) is 9.40. The zero-order chi connectivity index (χ0) is 12.3. The normalized spacial score (nSPS) is 21.7. The summed E-state index contributed by atoms with van der Waals surface area (Å²) in [6, 6.07) is 5.47. The summed E-state index contributed by atoms with van der Waals surface area (Å²) in [5.74, 6) is 0. The van der Waals surface area contributed by atoms with E-state index >= 15 is 0 Å². The predicted octanol–water partition coefficient (Wildman–Crippen LogP) is 2.19. The van der Waals surface area contributed by atoms with E-state index < -0.39 is 0 Å².